The first kappa shape index (κ1) is 12.2. The summed E-state index contributed by atoms with van der Waals surface area (Å²) >= 11 is 11.8. The Morgan fingerprint density at radius 1 is 1.31 bits per heavy atom. The summed E-state index contributed by atoms with van der Waals surface area (Å²) in [5.41, 5.74) is 1.23. The van der Waals surface area contributed by atoms with Gasteiger partial charge in [-0.25, -0.2) is 0 Å². The normalized spacial score (nSPS) is 20.2. The molecule has 1 atom stereocenters. The SMILES string of the molecule is Clc1ccc(CCNC2CCNC2)cc1Cl. The summed E-state index contributed by atoms with van der Waals surface area (Å²) in [5.74, 6) is 0. The molecule has 1 aliphatic rings. The van der Waals surface area contributed by atoms with E-state index in [1.165, 1.54) is 12.0 Å². The van der Waals surface area contributed by atoms with Crippen LogP contribution >= 0.6 is 23.2 Å². The molecule has 0 bridgehead atoms. The van der Waals surface area contributed by atoms with E-state index in [-0.39, 0.29) is 0 Å². The number of hydrogen-bond acceptors (Lipinski definition) is 2. The van der Waals surface area contributed by atoms with Gasteiger partial charge in [-0.05, 0) is 43.6 Å². The highest BCUT2D eigenvalue weighted by molar-refractivity contribution is 6.42. The molecule has 0 spiro atoms. The van der Waals surface area contributed by atoms with Gasteiger partial charge in [0.05, 0.1) is 10.0 Å². The lowest BCUT2D eigenvalue weighted by Gasteiger charge is -2.11. The van der Waals surface area contributed by atoms with E-state index in [4.69, 9.17) is 23.2 Å². The first-order valence-corrected chi connectivity index (χ1v) is 6.39. The van der Waals surface area contributed by atoms with Crippen molar-refractivity contribution in [3.8, 4) is 0 Å². The smallest absolute Gasteiger partial charge is 0.0595 e. The van der Waals surface area contributed by atoms with Crippen molar-refractivity contribution in [2.45, 2.75) is 18.9 Å². The lowest BCUT2D eigenvalue weighted by molar-refractivity contribution is 0.550. The molecule has 2 nitrogen and oxygen atoms in total. The monoisotopic (exact) mass is 258 g/mol. The number of halogens is 2. The Labute approximate surface area is 106 Å². The van der Waals surface area contributed by atoms with Gasteiger partial charge in [-0.15, -0.1) is 0 Å². The van der Waals surface area contributed by atoms with E-state index in [2.05, 4.69) is 10.6 Å². The third kappa shape index (κ3) is 3.36. The summed E-state index contributed by atoms with van der Waals surface area (Å²) in [7, 11) is 0. The highest BCUT2D eigenvalue weighted by Crippen LogP contribution is 2.22. The van der Waals surface area contributed by atoms with Crippen LogP contribution in [-0.2, 0) is 6.42 Å². The summed E-state index contributed by atoms with van der Waals surface area (Å²) in [6.07, 6.45) is 2.22. The van der Waals surface area contributed by atoms with Gasteiger partial charge < -0.3 is 10.6 Å². The molecule has 88 valence electrons. The molecule has 1 aliphatic heterocycles. The molecule has 1 aromatic rings. The highest BCUT2D eigenvalue weighted by atomic mass is 35.5. The Morgan fingerprint density at radius 3 is 2.88 bits per heavy atom. The summed E-state index contributed by atoms with van der Waals surface area (Å²) in [6.45, 7) is 3.20. The molecule has 16 heavy (non-hydrogen) atoms. The molecule has 0 aromatic heterocycles. The predicted octanol–water partition coefficient (Wildman–Crippen LogP) is 2.49. The van der Waals surface area contributed by atoms with Gasteiger partial charge >= 0.3 is 0 Å². The van der Waals surface area contributed by atoms with Crippen molar-refractivity contribution >= 4 is 23.2 Å². The summed E-state index contributed by atoms with van der Waals surface area (Å²) in [4.78, 5) is 0. The third-order valence-corrected chi connectivity index (χ3v) is 3.63. The van der Waals surface area contributed by atoms with Gasteiger partial charge in [-0.3, -0.25) is 0 Å². The van der Waals surface area contributed by atoms with Gasteiger partial charge in [0.2, 0.25) is 0 Å². The summed E-state index contributed by atoms with van der Waals surface area (Å²) in [5, 5.41) is 8.13. The molecule has 1 fully saturated rings. The highest BCUT2D eigenvalue weighted by Gasteiger charge is 2.12. The zero-order valence-corrected chi connectivity index (χ0v) is 10.6. The Hall–Kier alpha value is -0.280. The van der Waals surface area contributed by atoms with Crippen LogP contribution in [0.25, 0.3) is 0 Å². The second-order valence-electron chi connectivity index (χ2n) is 4.14. The van der Waals surface area contributed by atoms with Crippen LogP contribution in [0.5, 0.6) is 0 Å². The topological polar surface area (TPSA) is 24.1 Å². The fourth-order valence-corrected chi connectivity index (χ4v) is 2.27. The Kier molecular flexibility index (Phi) is 4.47. The summed E-state index contributed by atoms with van der Waals surface area (Å²) < 4.78 is 0. The van der Waals surface area contributed by atoms with Crippen LogP contribution in [0.1, 0.15) is 12.0 Å². The maximum Gasteiger partial charge on any atom is 0.0595 e. The van der Waals surface area contributed by atoms with Crippen LogP contribution in [0, 0.1) is 0 Å². The first-order valence-electron chi connectivity index (χ1n) is 5.64. The van der Waals surface area contributed by atoms with Crippen LogP contribution in [0.2, 0.25) is 10.0 Å². The van der Waals surface area contributed by atoms with E-state index in [1.54, 1.807) is 0 Å². The zero-order valence-electron chi connectivity index (χ0n) is 9.10. The number of nitrogens with one attached hydrogen (secondary N) is 2. The number of benzene rings is 1. The fourth-order valence-electron chi connectivity index (χ4n) is 1.94. The van der Waals surface area contributed by atoms with E-state index in [0.29, 0.717) is 16.1 Å². The predicted molar refractivity (Wildman–Crippen MR) is 69.4 cm³/mol. The van der Waals surface area contributed by atoms with E-state index in [9.17, 15) is 0 Å². The Balaban J connectivity index is 1.78. The molecule has 1 aromatic carbocycles. The Bertz CT molecular complexity index is 349. The van der Waals surface area contributed by atoms with Crippen molar-refractivity contribution in [1.82, 2.24) is 10.6 Å². The minimum absolute atomic E-state index is 0.623. The average molecular weight is 259 g/mol. The second-order valence-corrected chi connectivity index (χ2v) is 4.96. The van der Waals surface area contributed by atoms with Gasteiger partial charge in [-0.2, -0.15) is 0 Å². The lowest BCUT2D eigenvalue weighted by atomic mass is 10.1. The van der Waals surface area contributed by atoms with E-state index in [1.807, 2.05) is 18.2 Å². The van der Waals surface area contributed by atoms with E-state index >= 15 is 0 Å². The molecule has 0 radical (unpaired) electrons. The van der Waals surface area contributed by atoms with Gasteiger partial charge in [0.15, 0.2) is 0 Å². The van der Waals surface area contributed by atoms with Crippen LogP contribution in [0.4, 0.5) is 0 Å². The Morgan fingerprint density at radius 2 is 2.19 bits per heavy atom. The molecule has 4 heteroatoms. The molecule has 0 saturated carbocycles. The molecule has 0 aliphatic carbocycles. The molecule has 1 heterocycles. The zero-order chi connectivity index (χ0) is 11.4. The first-order chi connectivity index (χ1) is 7.75. The minimum atomic E-state index is 0.623. The molecule has 2 rings (SSSR count). The molecule has 0 amide bonds. The molecule has 1 saturated heterocycles. The van der Waals surface area contributed by atoms with Crippen molar-refractivity contribution in [3.63, 3.8) is 0 Å². The van der Waals surface area contributed by atoms with Crippen molar-refractivity contribution < 1.29 is 0 Å². The van der Waals surface area contributed by atoms with Crippen molar-refractivity contribution in [2.24, 2.45) is 0 Å². The van der Waals surface area contributed by atoms with Crippen LogP contribution in [-0.4, -0.2) is 25.7 Å². The second kappa shape index (κ2) is 5.87. The molecule has 1 unspecified atom stereocenters. The molecular weight excluding hydrogens is 243 g/mol. The molecule has 2 N–H and O–H groups in total. The van der Waals surface area contributed by atoms with Gasteiger partial charge in [-0.1, -0.05) is 29.3 Å². The lowest BCUT2D eigenvalue weighted by Crippen LogP contribution is -2.32. The largest absolute Gasteiger partial charge is 0.315 e. The van der Waals surface area contributed by atoms with Crippen molar-refractivity contribution in [1.29, 1.82) is 0 Å². The van der Waals surface area contributed by atoms with Crippen molar-refractivity contribution in [2.75, 3.05) is 19.6 Å². The number of rotatable bonds is 4. The van der Waals surface area contributed by atoms with Gasteiger partial charge in [0.1, 0.15) is 0 Å². The quantitative estimate of drug-likeness (QED) is 0.868. The van der Waals surface area contributed by atoms with Crippen LogP contribution in [0.15, 0.2) is 18.2 Å². The molecular formula is C12H16Cl2N2. The summed E-state index contributed by atoms with van der Waals surface area (Å²) in [6, 6.07) is 6.46. The van der Waals surface area contributed by atoms with E-state index in [0.717, 1.165) is 26.1 Å². The standard InChI is InChI=1S/C12H16Cl2N2/c13-11-2-1-9(7-12(11)14)3-6-16-10-4-5-15-8-10/h1-2,7,10,15-16H,3-6,8H2. The minimum Gasteiger partial charge on any atom is -0.315 e. The maximum atomic E-state index is 5.96. The fraction of sp³-hybridized carbons (Fsp3) is 0.500. The third-order valence-electron chi connectivity index (χ3n) is 2.89. The van der Waals surface area contributed by atoms with Crippen LogP contribution < -0.4 is 10.6 Å². The maximum absolute atomic E-state index is 5.96. The average Bonchev–Trinajstić information content (AvgIpc) is 2.76. The van der Waals surface area contributed by atoms with Gasteiger partial charge in [0.25, 0.3) is 0 Å². The van der Waals surface area contributed by atoms with Crippen molar-refractivity contribution in [3.05, 3.63) is 33.8 Å². The van der Waals surface area contributed by atoms with E-state index < -0.39 is 0 Å². The number of hydrogen-bond donors (Lipinski definition) is 2. The van der Waals surface area contributed by atoms with Crippen LogP contribution in [0.3, 0.4) is 0 Å². The van der Waals surface area contributed by atoms with Gasteiger partial charge in [0, 0.05) is 12.6 Å².